The monoisotopic (exact) mass is 268 g/mol. The summed E-state index contributed by atoms with van der Waals surface area (Å²) in [6.45, 7) is 2.04. The van der Waals surface area contributed by atoms with Crippen LogP contribution in [0.15, 0.2) is 0 Å². The number of hydrogen-bond donors (Lipinski definition) is 1. The predicted molar refractivity (Wildman–Crippen MR) is 51.9 cm³/mol. The molecule has 0 saturated heterocycles. The number of alkyl halides is 1. The van der Waals surface area contributed by atoms with Gasteiger partial charge in [0.25, 0.3) is 0 Å². The van der Waals surface area contributed by atoms with E-state index in [0.717, 1.165) is 12.8 Å². The van der Waals surface area contributed by atoms with E-state index in [0.29, 0.717) is 9.84 Å². The molecule has 3 atom stereocenters. The topological polar surface area (TPSA) is 37.3 Å². The third-order valence-electron chi connectivity index (χ3n) is 2.45. The summed E-state index contributed by atoms with van der Waals surface area (Å²) in [4.78, 5) is 10.7. The Bertz CT molecular complexity index is 158. The zero-order chi connectivity index (χ0) is 8.43. The third kappa shape index (κ3) is 2.32. The first-order valence-electron chi connectivity index (χ1n) is 3.98. The molecule has 3 heteroatoms. The summed E-state index contributed by atoms with van der Waals surface area (Å²) < 4.78 is 0.574. The van der Waals surface area contributed by atoms with Gasteiger partial charge in [0.05, 0.1) is 5.92 Å². The average Bonchev–Trinajstić information content (AvgIpc) is 1.94. The minimum Gasteiger partial charge on any atom is -0.481 e. The Hall–Kier alpha value is 0.200. The summed E-state index contributed by atoms with van der Waals surface area (Å²) in [5.41, 5.74) is 0. The first-order valence-corrected chi connectivity index (χ1v) is 5.22. The summed E-state index contributed by atoms with van der Waals surface area (Å²) in [7, 11) is 0. The molecule has 0 radical (unpaired) electrons. The number of carbonyl (C=O) groups is 1. The summed E-state index contributed by atoms with van der Waals surface area (Å²) in [5.74, 6) is -0.331. The molecule has 64 valence electrons. The highest BCUT2D eigenvalue weighted by atomic mass is 127. The second-order valence-corrected chi connectivity index (χ2v) is 5.09. The van der Waals surface area contributed by atoms with E-state index in [-0.39, 0.29) is 5.92 Å². The van der Waals surface area contributed by atoms with Crippen LogP contribution in [-0.2, 0) is 4.79 Å². The lowest BCUT2D eigenvalue weighted by atomic mass is 9.80. The molecular formula is C8H13IO2. The molecule has 1 N–H and O–H groups in total. The predicted octanol–water partition coefficient (Wildman–Crippen LogP) is 2.31. The van der Waals surface area contributed by atoms with Crippen LogP contribution in [0.3, 0.4) is 0 Å². The van der Waals surface area contributed by atoms with Gasteiger partial charge in [-0.1, -0.05) is 29.5 Å². The van der Waals surface area contributed by atoms with Gasteiger partial charge in [-0.3, -0.25) is 4.79 Å². The Kier molecular flexibility index (Phi) is 3.16. The van der Waals surface area contributed by atoms with E-state index in [1.54, 1.807) is 0 Å². The summed E-state index contributed by atoms with van der Waals surface area (Å²) in [5, 5.41) is 8.82. The second kappa shape index (κ2) is 3.74. The van der Waals surface area contributed by atoms with Crippen molar-refractivity contribution in [3.8, 4) is 0 Å². The van der Waals surface area contributed by atoms with Crippen molar-refractivity contribution in [1.82, 2.24) is 0 Å². The standard InChI is InChI=1S/C8H13IO2/c1-5-2-3-6(9)4-7(5)8(10)11/h5-7H,2-4H2,1H3,(H,10,11)/t5-,6-,7-/m1/s1. The number of aliphatic carboxylic acids is 1. The van der Waals surface area contributed by atoms with E-state index >= 15 is 0 Å². The fourth-order valence-electron chi connectivity index (χ4n) is 1.61. The van der Waals surface area contributed by atoms with Crippen LogP contribution in [0.5, 0.6) is 0 Å². The molecule has 0 bridgehead atoms. The van der Waals surface area contributed by atoms with Crippen molar-refractivity contribution in [1.29, 1.82) is 0 Å². The van der Waals surface area contributed by atoms with Crippen molar-refractivity contribution >= 4 is 28.6 Å². The van der Waals surface area contributed by atoms with Gasteiger partial charge in [-0.05, 0) is 25.2 Å². The maximum absolute atomic E-state index is 10.7. The Morgan fingerprint density at radius 1 is 1.55 bits per heavy atom. The molecule has 1 fully saturated rings. The first kappa shape index (κ1) is 9.29. The van der Waals surface area contributed by atoms with Crippen LogP contribution in [0.4, 0.5) is 0 Å². The van der Waals surface area contributed by atoms with E-state index in [2.05, 4.69) is 22.6 Å². The number of carboxylic acid groups (broad SMARTS) is 1. The maximum atomic E-state index is 10.7. The molecule has 1 saturated carbocycles. The van der Waals surface area contributed by atoms with Gasteiger partial charge in [0.15, 0.2) is 0 Å². The molecule has 0 aromatic carbocycles. The van der Waals surface area contributed by atoms with Crippen LogP contribution in [-0.4, -0.2) is 15.0 Å². The van der Waals surface area contributed by atoms with Crippen LogP contribution in [0.25, 0.3) is 0 Å². The van der Waals surface area contributed by atoms with E-state index in [1.165, 1.54) is 6.42 Å². The fourth-order valence-corrected chi connectivity index (χ4v) is 2.52. The zero-order valence-electron chi connectivity index (χ0n) is 6.59. The number of halogens is 1. The quantitative estimate of drug-likeness (QED) is 0.585. The maximum Gasteiger partial charge on any atom is 0.306 e. The van der Waals surface area contributed by atoms with E-state index < -0.39 is 5.97 Å². The second-order valence-electron chi connectivity index (χ2n) is 3.33. The van der Waals surface area contributed by atoms with Crippen LogP contribution in [0.2, 0.25) is 0 Å². The normalized spacial score (nSPS) is 38.5. The lowest BCUT2D eigenvalue weighted by Gasteiger charge is -2.28. The van der Waals surface area contributed by atoms with Gasteiger partial charge in [-0.2, -0.15) is 0 Å². The summed E-state index contributed by atoms with van der Waals surface area (Å²) >= 11 is 2.35. The highest BCUT2D eigenvalue weighted by molar-refractivity contribution is 14.1. The van der Waals surface area contributed by atoms with Crippen LogP contribution >= 0.6 is 22.6 Å². The summed E-state index contributed by atoms with van der Waals surface area (Å²) in [6.07, 6.45) is 3.12. The van der Waals surface area contributed by atoms with E-state index in [1.807, 2.05) is 6.92 Å². The Labute approximate surface area is 80.5 Å². The van der Waals surface area contributed by atoms with E-state index in [9.17, 15) is 4.79 Å². The third-order valence-corrected chi connectivity index (χ3v) is 3.58. The number of rotatable bonds is 1. The largest absolute Gasteiger partial charge is 0.481 e. The highest BCUT2D eigenvalue weighted by Gasteiger charge is 2.31. The van der Waals surface area contributed by atoms with Gasteiger partial charge >= 0.3 is 5.97 Å². The molecule has 0 aliphatic heterocycles. The molecular weight excluding hydrogens is 255 g/mol. The molecule has 0 spiro atoms. The number of hydrogen-bond acceptors (Lipinski definition) is 1. The van der Waals surface area contributed by atoms with Gasteiger partial charge in [0, 0.05) is 3.92 Å². The average molecular weight is 268 g/mol. The Morgan fingerprint density at radius 3 is 2.64 bits per heavy atom. The van der Waals surface area contributed by atoms with Gasteiger partial charge in [0.2, 0.25) is 0 Å². The molecule has 0 heterocycles. The molecule has 1 aliphatic rings. The van der Waals surface area contributed by atoms with Crippen LogP contribution < -0.4 is 0 Å². The van der Waals surface area contributed by atoms with Crippen LogP contribution in [0, 0.1) is 11.8 Å². The molecule has 0 aromatic rings. The molecule has 11 heavy (non-hydrogen) atoms. The van der Waals surface area contributed by atoms with Crippen molar-refractivity contribution in [2.75, 3.05) is 0 Å². The van der Waals surface area contributed by atoms with Crippen molar-refractivity contribution in [2.45, 2.75) is 30.1 Å². The van der Waals surface area contributed by atoms with Crippen molar-refractivity contribution in [3.63, 3.8) is 0 Å². The van der Waals surface area contributed by atoms with Gasteiger partial charge < -0.3 is 5.11 Å². The lowest BCUT2D eigenvalue weighted by Crippen LogP contribution is -2.29. The minimum absolute atomic E-state index is 0.0920. The molecule has 0 amide bonds. The Balaban J connectivity index is 2.54. The van der Waals surface area contributed by atoms with Crippen molar-refractivity contribution in [3.05, 3.63) is 0 Å². The van der Waals surface area contributed by atoms with Crippen molar-refractivity contribution in [2.24, 2.45) is 11.8 Å². The SMILES string of the molecule is C[C@@H]1CC[C@@H](I)C[C@H]1C(=O)O. The van der Waals surface area contributed by atoms with Crippen LogP contribution in [0.1, 0.15) is 26.2 Å². The Morgan fingerprint density at radius 2 is 2.18 bits per heavy atom. The molecule has 1 aliphatic carbocycles. The van der Waals surface area contributed by atoms with Gasteiger partial charge in [-0.25, -0.2) is 0 Å². The smallest absolute Gasteiger partial charge is 0.306 e. The van der Waals surface area contributed by atoms with Gasteiger partial charge in [0.1, 0.15) is 0 Å². The molecule has 0 aromatic heterocycles. The van der Waals surface area contributed by atoms with E-state index in [4.69, 9.17) is 5.11 Å². The lowest BCUT2D eigenvalue weighted by molar-refractivity contribution is -0.144. The molecule has 2 nitrogen and oxygen atoms in total. The minimum atomic E-state index is -0.612. The van der Waals surface area contributed by atoms with Gasteiger partial charge in [-0.15, -0.1) is 0 Å². The highest BCUT2D eigenvalue weighted by Crippen LogP contribution is 2.33. The summed E-state index contributed by atoms with van der Waals surface area (Å²) in [6, 6.07) is 0. The fraction of sp³-hybridized carbons (Fsp3) is 0.875. The molecule has 0 unspecified atom stereocenters. The number of carboxylic acids is 1. The first-order chi connectivity index (χ1) is 5.11. The van der Waals surface area contributed by atoms with Crippen molar-refractivity contribution < 1.29 is 9.90 Å². The zero-order valence-corrected chi connectivity index (χ0v) is 8.74. The molecule has 1 rings (SSSR count).